The van der Waals surface area contributed by atoms with E-state index in [0.717, 1.165) is 44.9 Å². The van der Waals surface area contributed by atoms with Crippen molar-refractivity contribution in [1.29, 1.82) is 0 Å². The van der Waals surface area contributed by atoms with Gasteiger partial charge in [0.2, 0.25) is 5.91 Å². The number of allylic oxidation sites excluding steroid dienone is 7. The molecule has 0 aliphatic rings. The zero-order valence-corrected chi connectivity index (χ0v) is 39.4. The number of carbonyl (C=O) groups is 1. The number of nitrogens with one attached hydrogen (secondary N) is 1. The molecule has 5 heteroatoms. The van der Waals surface area contributed by atoms with Crippen molar-refractivity contribution in [3.63, 3.8) is 0 Å². The third-order valence-corrected chi connectivity index (χ3v) is 11.9. The number of hydrogen-bond donors (Lipinski definition) is 4. The van der Waals surface area contributed by atoms with Crippen LogP contribution in [0.25, 0.3) is 0 Å². The first-order valence-electron chi connectivity index (χ1n) is 26.0. The SMILES string of the molecule is CCCCCCCCCCC/C=C\C/C=C\CCCCCCCCCCCCCCC(O)C(=O)NC(CO)C(O)/C=C/CC/C=C/CCCCCCCCCCCCC. The Kier molecular flexibility index (Phi) is 47.6. The van der Waals surface area contributed by atoms with Gasteiger partial charge in [-0.15, -0.1) is 0 Å². The Balaban J connectivity index is 3.63. The zero-order chi connectivity index (χ0) is 43.0. The molecule has 0 saturated carbocycles. The predicted octanol–water partition coefficient (Wildman–Crippen LogP) is 15.7. The van der Waals surface area contributed by atoms with E-state index in [0.29, 0.717) is 6.42 Å². The van der Waals surface area contributed by atoms with E-state index < -0.39 is 24.2 Å². The van der Waals surface area contributed by atoms with E-state index in [1.54, 1.807) is 6.08 Å². The summed E-state index contributed by atoms with van der Waals surface area (Å²) in [6.45, 7) is 4.18. The average Bonchev–Trinajstić information content (AvgIpc) is 3.24. The molecule has 346 valence electrons. The molecule has 0 rings (SSSR count). The summed E-state index contributed by atoms with van der Waals surface area (Å²) in [4.78, 5) is 12.5. The van der Waals surface area contributed by atoms with E-state index >= 15 is 0 Å². The van der Waals surface area contributed by atoms with Crippen molar-refractivity contribution in [3.05, 3.63) is 48.6 Å². The first-order valence-corrected chi connectivity index (χ1v) is 26.0. The Morgan fingerprint density at radius 1 is 0.424 bits per heavy atom. The molecule has 59 heavy (non-hydrogen) atoms. The summed E-state index contributed by atoms with van der Waals surface area (Å²) in [5, 5.41) is 33.2. The summed E-state index contributed by atoms with van der Waals surface area (Å²) in [5.74, 6) is -0.513. The molecule has 0 radical (unpaired) electrons. The molecule has 0 heterocycles. The van der Waals surface area contributed by atoms with E-state index in [-0.39, 0.29) is 6.61 Å². The molecule has 0 aromatic rings. The third kappa shape index (κ3) is 44.2. The van der Waals surface area contributed by atoms with Crippen LogP contribution in [-0.2, 0) is 4.79 Å². The lowest BCUT2D eigenvalue weighted by atomic mass is 10.0. The second-order valence-electron chi connectivity index (χ2n) is 17.7. The van der Waals surface area contributed by atoms with Gasteiger partial charge < -0.3 is 20.6 Å². The van der Waals surface area contributed by atoms with E-state index in [2.05, 4.69) is 55.6 Å². The fourth-order valence-electron chi connectivity index (χ4n) is 7.82. The number of aliphatic hydroxyl groups excluding tert-OH is 3. The van der Waals surface area contributed by atoms with Crippen LogP contribution in [0.2, 0.25) is 0 Å². The van der Waals surface area contributed by atoms with Crippen LogP contribution in [0.4, 0.5) is 0 Å². The topological polar surface area (TPSA) is 89.8 Å². The Labute approximate surface area is 367 Å². The van der Waals surface area contributed by atoms with Crippen molar-refractivity contribution in [2.45, 2.75) is 283 Å². The first-order chi connectivity index (χ1) is 29.1. The molecular formula is C54H101NO4. The minimum atomic E-state index is -1.11. The predicted molar refractivity (Wildman–Crippen MR) is 259 cm³/mol. The summed E-state index contributed by atoms with van der Waals surface area (Å²) < 4.78 is 0. The summed E-state index contributed by atoms with van der Waals surface area (Å²) in [5.41, 5.74) is 0. The minimum absolute atomic E-state index is 0.377. The number of unbranched alkanes of at least 4 members (excludes halogenated alkanes) is 33. The highest BCUT2D eigenvalue weighted by molar-refractivity contribution is 5.80. The normalized spacial score (nSPS) is 13.8. The number of aliphatic hydroxyl groups is 3. The van der Waals surface area contributed by atoms with E-state index in [1.165, 1.54) is 199 Å². The van der Waals surface area contributed by atoms with Crippen molar-refractivity contribution in [1.82, 2.24) is 5.32 Å². The lowest BCUT2D eigenvalue weighted by Gasteiger charge is -2.21. The highest BCUT2D eigenvalue weighted by Gasteiger charge is 2.22. The van der Waals surface area contributed by atoms with Gasteiger partial charge >= 0.3 is 0 Å². The van der Waals surface area contributed by atoms with Gasteiger partial charge in [-0.3, -0.25) is 4.79 Å². The molecule has 4 N–H and O–H groups in total. The number of rotatable bonds is 47. The number of hydrogen-bond acceptors (Lipinski definition) is 4. The van der Waals surface area contributed by atoms with Gasteiger partial charge in [0.15, 0.2) is 0 Å². The second-order valence-corrected chi connectivity index (χ2v) is 17.7. The number of amides is 1. The van der Waals surface area contributed by atoms with Crippen molar-refractivity contribution >= 4 is 5.91 Å². The van der Waals surface area contributed by atoms with Gasteiger partial charge in [0.1, 0.15) is 6.10 Å². The highest BCUT2D eigenvalue weighted by Crippen LogP contribution is 2.16. The maximum Gasteiger partial charge on any atom is 0.249 e. The first kappa shape index (κ1) is 57.3. The highest BCUT2D eigenvalue weighted by atomic mass is 16.3. The van der Waals surface area contributed by atoms with Crippen LogP contribution in [0.5, 0.6) is 0 Å². The Hall–Kier alpha value is -1.69. The molecular weight excluding hydrogens is 727 g/mol. The third-order valence-electron chi connectivity index (χ3n) is 11.9. The lowest BCUT2D eigenvalue weighted by molar-refractivity contribution is -0.131. The molecule has 0 aliphatic heterocycles. The van der Waals surface area contributed by atoms with Crippen molar-refractivity contribution in [2.24, 2.45) is 0 Å². The Morgan fingerprint density at radius 2 is 0.746 bits per heavy atom. The van der Waals surface area contributed by atoms with Crippen molar-refractivity contribution in [3.8, 4) is 0 Å². The molecule has 3 atom stereocenters. The van der Waals surface area contributed by atoms with Crippen LogP contribution in [0.1, 0.15) is 264 Å². The molecule has 0 bridgehead atoms. The van der Waals surface area contributed by atoms with Gasteiger partial charge in [-0.25, -0.2) is 0 Å². The van der Waals surface area contributed by atoms with Gasteiger partial charge in [0, 0.05) is 0 Å². The van der Waals surface area contributed by atoms with Gasteiger partial charge in [-0.05, 0) is 64.2 Å². The quantitative estimate of drug-likeness (QED) is 0.0363. The standard InChI is InChI=1S/C54H101NO4/c1-3-5-7-9-11-13-15-17-19-21-22-23-24-25-26-27-28-29-30-31-33-35-37-39-41-43-45-47-49-53(58)54(59)55-51(50-56)52(57)48-46-44-42-40-38-36-34-32-20-18-16-14-12-10-8-6-4-2/h22-23,25-26,38,40,46,48,51-53,56-58H,3-21,24,27-37,39,41-45,47,49-50H2,1-2H3,(H,55,59)/b23-22-,26-25-,40-38+,48-46+. The molecule has 0 aliphatic carbocycles. The fourth-order valence-corrected chi connectivity index (χ4v) is 7.82. The van der Waals surface area contributed by atoms with Crippen LogP contribution in [-0.4, -0.2) is 46.1 Å². The lowest BCUT2D eigenvalue weighted by Crippen LogP contribution is -2.48. The van der Waals surface area contributed by atoms with Crippen LogP contribution in [0, 0.1) is 0 Å². The second kappa shape index (κ2) is 49.0. The Bertz CT molecular complexity index is 958. The molecule has 0 aromatic carbocycles. The molecule has 0 spiro atoms. The zero-order valence-electron chi connectivity index (χ0n) is 39.4. The average molecular weight is 828 g/mol. The smallest absolute Gasteiger partial charge is 0.249 e. The summed E-state index contributed by atoms with van der Waals surface area (Å²) in [7, 11) is 0. The molecule has 5 nitrogen and oxygen atoms in total. The largest absolute Gasteiger partial charge is 0.394 e. The summed E-state index contributed by atoms with van der Waals surface area (Å²) >= 11 is 0. The van der Waals surface area contributed by atoms with Crippen LogP contribution < -0.4 is 5.32 Å². The molecule has 1 amide bonds. The fraction of sp³-hybridized carbons (Fsp3) is 0.833. The van der Waals surface area contributed by atoms with Crippen LogP contribution in [0.3, 0.4) is 0 Å². The van der Waals surface area contributed by atoms with Crippen LogP contribution in [0.15, 0.2) is 48.6 Å². The molecule has 0 aromatic heterocycles. The number of carbonyl (C=O) groups excluding carboxylic acids is 1. The Morgan fingerprint density at radius 3 is 1.14 bits per heavy atom. The molecule has 0 saturated heterocycles. The van der Waals surface area contributed by atoms with Gasteiger partial charge in [-0.1, -0.05) is 249 Å². The van der Waals surface area contributed by atoms with E-state index in [1.807, 2.05) is 6.08 Å². The van der Waals surface area contributed by atoms with E-state index in [9.17, 15) is 20.1 Å². The summed E-state index contributed by atoms with van der Waals surface area (Å²) in [6, 6.07) is -0.816. The minimum Gasteiger partial charge on any atom is -0.394 e. The van der Waals surface area contributed by atoms with Crippen molar-refractivity contribution < 1.29 is 20.1 Å². The van der Waals surface area contributed by atoms with Crippen molar-refractivity contribution in [2.75, 3.05) is 6.61 Å². The molecule has 3 unspecified atom stereocenters. The maximum absolute atomic E-state index is 12.5. The van der Waals surface area contributed by atoms with Gasteiger partial charge in [-0.2, -0.15) is 0 Å². The molecule has 0 fully saturated rings. The maximum atomic E-state index is 12.5. The monoisotopic (exact) mass is 828 g/mol. The van der Waals surface area contributed by atoms with Gasteiger partial charge in [0.25, 0.3) is 0 Å². The van der Waals surface area contributed by atoms with Gasteiger partial charge in [0.05, 0.1) is 18.8 Å². The van der Waals surface area contributed by atoms with Crippen LogP contribution >= 0.6 is 0 Å². The van der Waals surface area contributed by atoms with E-state index in [4.69, 9.17) is 0 Å². The summed E-state index contributed by atoms with van der Waals surface area (Å²) in [6.07, 6.45) is 64.6.